The van der Waals surface area contributed by atoms with Crippen LogP contribution in [0.25, 0.3) is 22.6 Å². The number of esters is 1. The van der Waals surface area contributed by atoms with E-state index in [0.717, 1.165) is 23.3 Å². The molecule has 4 rings (SSSR count). The van der Waals surface area contributed by atoms with E-state index in [0.29, 0.717) is 26.6 Å². The minimum Gasteiger partial charge on any atom is -0.460 e. The second-order valence-electron chi connectivity index (χ2n) is 8.16. The van der Waals surface area contributed by atoms with Gasteiger partial charge < -0.3 is 15.5 Å². The van der Waals surface area contributed by atoms with Crippen molar-refractivity contribution >= 4 is 45.4 Å². The molecule has 180 valence electrons. The molecule has 0 bridgehead atoms. The predicted octanol–water partition coefficient (Wildman–Crippen LogP) is 6.05. The fraction of sp³-hybridized carbons (Fsp3) is 0.333. The third-order valence-electron chi connectivity index (χ3n) is 5.85. The third kappa shape index (κ3) is 5.33. The summed E-state index contributed by atoms with van der Waals surface area (Å²) >= 11 is 11.3. The number of benzene rings is 2. The average Bonchev–Trinajstić information content (AvgIpc) is 3.42. The Balaban J connectivity index is 1.56. The molecule has 3 aromatic rings. The van der Waals surface area contributed by atoms with Crippen molar-refractivity contribution in [1.82, 2.24) is 14.3 Å². The first-order valence-corrected chi connectivity index (χ1v) is 12.9. The number of carbonyl (C=O) groups is 1. The van der Waals surface area contributed by atoms with E-state index in [1.165, 1.54) is 6.07 Å². The highest BCUT2D eigenvalue weighted by Gasteiger charge is 2.41. The molecule has 3 atom stereocenters. The standard InChI is InChI=1S/C24H25BrClFN4O2S/c1-3-20-21(33-23(32)11-28)8-13(2)31(20)34-22-10-15(5-7-17(22)26)24-29-12-19(30-24)14-4-6-16(25)18(27)9-14/h4-7,9-10,12-13,20-21H,3,8,11,28H2,1-2H3,(H,29,30). The van der Waals surface area contributed by atoms with Gasteiger partial charge in [-0.1, -0.05) is 24.6 Å². The molecule has 0 aliphatic carbocycles. The fourth-order valence-corrected chi connectivity index (χ4v) is 5.86. The van der Waals surface area contributed by atoms with Crippen LogP contribution in [0, 0.1) is 5.82 Å². The zero-order valence-electron chi connectivity index (χ0n) is 18.7. The van der Waals surface area contributed by atoms with Crippen LogP contribution in [0.3, 0.4) is 0 Å². The van der Waals surface area contributed by atoms with Crippen molar-refractivity contribution in [2.75, 3.05) is 6.54 Å². The van der Waals surface area contributed by atoms with Gasteiger partial charge >= 0.3 is 5.97 Å². The van der Waals surface area contributed by atoms with Crippen molar-refractivity contribution in [2.45, 2.75) is 49.8 Å². The molecule has 10 heteroatoms. The highest BCUT2D eigenvalue weighted by molar-refractivity contribution is 9.10. The van der Waals surface area contributed by atoms with E-state index < -0.39 is 0 Å². The largest absolute Gasteiger partial charge is 0.460 e. The lowest BCUT2D eigenvalue weighted by Crippen LogP contribution is -2.35. The number of rotatable bonds is 7. The van der Waals surface area contributed by atoms with Crippen LogP contribution < -0.4 is 5.73 Å². The number of imidazole rings is 1. The number of H-pyrrole nitrogens is 1. The van der Waals surface area contributed by atoms with Gasteiger partial charge in [0.05, 0.1) is 34.0 Å². The first kappa shape index (κ1) is 25.2. The Labute approximate surface area is 215 Å². The summed E-state index contributed by atoms with van der Waals surface area (Å²) in [6.45, 7) is 4.06. The van der Waals surface area contributed by atoms with Crippen molar-refractivity contribution in [1.29, 1.82) is 0 Å². The van der Waals surface area contributed by atoms with E-state index in [1.54, 1.807) is 24.2 Å². The highest BCUT2D eigenvalue weighted by atomic mass is 79.9. The molecular formula is C24H25BrClFN4O2S. The molecule has 0 radical (unpaired) electrons. The van der Waals surface area contributed by atoms with E-state index in [2.05, 4.69) is 44.1 Å². The summed E-state index contributed by atoms with van der Waals surface area (Å²) in [5, 5.41) is 0.625. The SMILES string of the molecule is CCC1C(OC(=O)CN)CC(C)N1Sc1cc(-c2ncc(-c3ccc(Br)c(F)c3)[nH]2)ccc1Cl. The molecule has 0 saturated carbocycles. The minimum atomic E-state index is -0.387. The van der Waals surface area contributed by atoms with E-state index >= 15 is 0 Å². The lowest BCUT2D eigenvalue weighted by molar-refractivity contribution is -0.148. The summed E-state index contributed by atoms with van der Waals surface area (Å²) in [5.41, 5.74) is 7.72. The number of hydrogen-bond acceptors (Lipinski definition) is 6. The molecule has 1 saturated heterocycles. The summed E-state index contributed by atoms with van der Waals surface area (Å²) in [6.07, 6.45) is 3.04. The summed E-state index contributed by atoms with van der Waals surface area (Å²) in [7, 11) is 0. The van der Waals surface area contributed by atoms with Crippen LogP contribution in [0.1, 0.15) is 26.7 Å². The lowest BCUT2D eigenvalue weighted by Gasteiger charge is -2.28. The van der Waals surface area contributed by atoms with Gasteiger partial charge in [-0.3, -0.25) is 4.79 Å². The molecule has 1 fully saturated rings. The first-order chi connectivity index (χ1) is 16.3. The van der Waals surface area contributed by atoms with Crippen LogP contribution in [0.5, 0.6) is 0 Å². The van der Waals surface area contributed by atoms with E-state index in [1.807, 2.05) is 24.3 Å². The molecule has 6 nitrogen and oxygen atoms in total. The maximum Gasteiger partial charge on any atom is 0.320 e. The second kappa shape index (κ2) is 10.8. The van der Waals surface area contributed by atoms with Gasteiger partial charge in [0.25, 0.3) is 0 Å². The van der Waals surface area contributed by atoms with Gasteiger partial charge in [-0.2, -0.15) is 0 Å². The number of nitrogens with zero attached hydrogens (tertiary/aromatic N) is 2. The Morgan fingerprint density at radius 2 is 2.12 bits per heavy atom. The lowest BCUT2D eigenvalue weighted by atomic mass is 10.1. The van der Waals surface area contributed by atoms with E-state index in [9.17, 15) is 9.18 Å². The molecule has 1 aromatic heterocycles. The van der Waals surface area contributed by atoms with Crippen molar-refractivity contribution in [3.05, 3.63) is 57.9 Å². The molecule has 1 aliphatic heterocycles. The monoisotopic (exact) mass is 566 g/mol. The molecule has 34 heavy (non-hydrogen) atoms. The molecule has 0 amide bonds. The smallest absolute Gasteiger partial charge is 0.320 e. The van der Waals surface area contributed by atoms with Crippen molar-refractivity contribution in [2.24, 2.45) is 5.73 Å². The van der Waals surface area contributed by atoms with E-state index in [4.69, 9.17) is 22.1 Å². The Hall–Kier alpha value is -1.91. The van der Waals surface area contributed by atoms with Gasteiger partial charge in [0.2, 0.25) is 0 Å². The summed E-state index contributed by atoms with van der Waals surface area (Å²) < 4.78 is 22.2. The highest BCUT2D eigenvalue weighted by Crippen LogP contribution is 2.41. The Kier molecular flexibility index (Phi) is 7.99. The summed E-state index contributed by atoms with van der Waals surface area (Å²) in [4.78, 5) is 20.4. The first-order valence-electron chi connectivity index (χ1n) is 11.0. The molecule has 2 heterocycles. The van der Waals surface area contributed by atoms with Crippen LogP contribution in [0.4, 0.5) is 4.39 Å². The number of hydrogen-bond donors (Lipinski definition) is 2. The zero-order valence-corrected chi connectivity index (χ0v) is 21.9. The number of nitrogens with two attached hydrogens (primary N) is 1. The zero-order chi connectivity index (χ0) is 24.4. The van der Waals surface area contributed by atoms with Gasteiger partial charge in [-0.15, -0.1) is 0 Å². The Bertz CT molecular complexity index is 1190. The number of ether oxygens (including phenoxy) is 1. The topological polar surface area (TPSA) is 84.2 Å². The quantitative estimate of drug-likeness (QED) is 0.267. The molecule has 0 spiro atoms. The third-order valence-corrected chi connectivity index (χ3v) is 8.31. The Morgan fingerprint density at radius 3 is 2.82 bits per heavy atom. The molecule has 2 aromatic carbocycles. The van der Waals surface area contributed by atoms with E-state index in [-0.39, 0.29) is 36.5 Å². The van der Waals surface area contributed by atoms with Crippen LogP contribution in [0.2, 0.25) is 5.02 Å². The molecule has 3 N–H and O–H groups in total. The van der Waals surface area contributed by atoms with Crippen LogP contribution >= 0.6 is 39.5 Å². The molecule has 1 aliphatic rings. The molecule has 3 unspecified atom stereocenters. The number of carbonyl (C=O) groups excluding carboxylic acids is 1. The Morgan fingerprint density at radius 1 is 1.35 bits per heavy atom. The summed E-state index contributed by atoms with van der Waals surface area (Å²) in [5.74, 6) is -0.0607. The van der Waals surface area contributed by atoms with Gasteiger partial charge in [0.1, 0.15) is 17.7 Å². The van der Waals surface area contributed by atoms with Gasteiger partial charge in [-0.25, -0.2) is 13.7 Å². The van der Waals surface area contributed by atoms with Crippen molar-refractivity contribution in [3.63, 3.8) is 0 Å². The van der Waals surface area contributed by atoms with Gasteiger partial charge in [0.15, 0.2) is 0 Å². The number of aromatic nitrogens is 2. The number of halogens is 3. The van der Waals surface area contributed by atoms with Crippen LogP contribution in [-0.2, 0) is 9.53 Å². The summed E-state index contributed by atoms with van der Waals surface area (Å²) in [6, 6.07) is 10.9. The average molecular weight is 568 g/mol. The van der Waals surface area contributed by atoms with Gasteiger partial charge in [0, 0.05) is 28.5 Å². The minimum absolute atomic E-state index is 0.0535. The second-order valence-corrected chi connectivity index (χ2v) is 10.5. The fourth-order valence-electron chi connectivity index (χ4n) is 4.14. The normalized spacial score (nSPS) is 20.6. The van der Waals surface area contributed by atoms with Crippen LogP contribution in [-0.4, -0.2) is 45.0 Å². The number of aromatic amines is 1. The van der Waals surface area contributed by atoms with Crippen LogP contribution in [0.15, 0.2) is 52.0 Å². The van der Waals surface area contributed by atoms with Crippen molar-refractivity contribution in [3.8, 4) is 22.6 Å². The van der Waals surface area contributed by atoms with Gasteiger partial charge in [-0.05, 0) is 71.6 Å². The maximum absolute atomic E-state index is 14.0. The maximum atomic E-state index is 14.0. The number of nitrogens with one attached hydrogen (secondary N) is 1. The van der Waals surface area contributed by atoms with Crippen molar-refractivity contribution < 1.29 is 13.9 Å². The predicted molar refractivity (Wildman–Crippen MR) is 137 cm³/mol. The molecular weight excluding hydrogens is 543 g/mol.